The number of rotatable bonds is 1. The number of benzene rings is 2. The molecular formula is C11H14ClNO. The van der Waals surface area contributed by atoms with Crippen LogP contribution >= 0.6 is 12.4 Å². The van der Waals surface area contributed by atoms with E-state index in [4.69, 9.17) is 5.73 Å². The number of halogens is 1. The summed E-state index contributed by atoms with van der Waals surface area (Å²) < 4.78 is 0. The third-order valence-corrected chi connectivity index (χ3v) is 2.05. The molecule has 0 radical (unpaired) electrons. The summed E-state index contributed by atoms with van der Waals surface area (Å²) in [5, 5.41) is 2.54. The van der Waals surface area contributed by atoms with Gasteiger partial charge in [-0.2, -0.15) is 0 Å². The number of nitrogens with two attached hydrogens (primary N) is 1. The first kappa shape index (κ1) is 12.9. The van der Waals surface area contributed by atoms with Gasteiger partial charge in [0.2, 0.25) is 0 Å². The summed E-state index contributed by atoms with van der Waals surface area (Å²) in [5.74, 6) is 0. The van der Waals surface area contributed by atoms with E-state index >= 15 is 0 Å². The highest BCUT2D eigenvalue weighted by atomic mass is 35.5. The van der Waals surface area contributed by atoms with E-state index in [0.717, 1.165) is 0 Å². The SMILES string of the molecule is Cl.NCc1ccc2ccccc2c1.O. The lowest BCUT2D eigenvalue weighted by molar-refractivity contribution is 0.824. The Balaban J connectivity index is 0.000000845. The van der Waals surface area contributed by atoms with Crippen LogP contribution in [0.2, 0.25) is 0 Å². The summed E-state index contributed by atoms with van der Waals surface area (Å²) in [6.07, 6.45) is 0. The monoisotopic (exact) mass is 211 g/mol. The summed E-state index contributed by atoms with van der Waals surface area (Å²) in [6.45, 7) is 0.616. The Kier molecular flexibility index (Phi) is 5.16. The maximum atomic E-state index is 5.54. The topological polar surface area (TPSA) is 57.5 Å². The van der Waals surface area contributed by atoms with E-state index < -0.39 is 0 Å². The van der Waals surface area contributed by atoms with Crippen molar-refractivity contribution in [1.29, 1.82) is 0 Å². The van der Waals surface area contributed by atoms with Gasteiger partial charge in [0.1, 0.15) is 0 Å². The summed E-state index contributed by atoms with van der Waals surface area (Å²) >= 11 is 0. The van der Waals surface area contributed by atoms with Crippen molar-refractivity contribution in [2.24, 2.45) is 5.73 Å². The van der Waals surface area contributed by atoms with E-state index in [1.54, 1.807) is 0 Å². The summed E-state index contributed by atoms with van der Waals surface area (Å²) in [5.41, 5.74) is 6.73. The van der Waals surface area contributed by atoms with E-state index in [-0.39, 0.29) is 17.9 Å². The first-order chi connectivity index (χ1) is 5.90. The second kappa shape index (κ2) is 5.60. The molecule has 0 fully saturated rings. The minimum atomic E-state index is 0. The van der Waals surface area contributed by atoms with Crippen LogP contribution in [0.3, 0.4) is 0 Å². The van der Waals surface area contributed by atoms with Crippen molar-refractivity contribution in [3.63, 3.8) is 0 Å². The quantitative estimate of drug-likeness (QED) is 0.770. The lowest BCUT2D eigenvalue weighted by Crippen LogP contribution is -1.95. The van der Waals surface area contributed by atoms with Crippen LogP contribution in [0.25, 0.3) is 10.8 Å². The zero-order valence-electron chi connectivity index (χ0n) is 7.73. The molecule has 2 aromatic carbocycles. The van der Waals surface area contributed by atoms with E-state index in [1.165, 1.54) is 16.3 Å². The predicted octanol–water partition coefficient (Wildman–Crippen LogP) is 1.90. The first-order valence-corrected chi connectivity index (χ1v) is 4.08. The van der Waals surface area contributed by atoms with Crippen molar-refractivity contribution < 1.29 is 5.48 Å². The van der Waals surface area contributed by atoms with Crippen LogP contribution in [0.4, 0.5) is 0 Å². The summed E-state index contributed by atoms with van der Waals surface area (Å²) in [6, 6.07) is 14.6. The molecule has 0 aromatic heterocycles. The van der Waals surface area contributed by atoms with Crippen LogP contribution in [0, 0.1) is 0 Å². The average Bonchev–Trinajstić information content (AvgIpc) is 2.17. The van der Waals surface area contributed by atoms with Gasteiger partial charge >= 0.3 is 0 Å². The highest BCUT2D eigenvalue weighted by molar-refractivity contribution is 5.85. The van der Waals surface area contributed by atoms with Gasteiger partial charge in [-0.1, -0.05) is 36.4 Å². The second-order valence-corrected chi connectivity index (χ2v) is 2.89. The van der Waals surface area contributed by atoms with Gasteiger partial charge in [0, 0.05) is 6.54 Å². The van der Waals surface area contributed by atoms with Crippen molar-refractivity contribution in [1.82, 2.24) is 0 Å². The maximum Gasteiger partial charge on any atom is 0.0178 e. The van der Waals surface area contributed by atoms with Crippen LogP contribution in [0.15, 0.2) is 42.5 Å². The van der Waals surface area contributed by atoms with Crippen LogP contribution in [0.5, 0.6) is 0 Å². The molecule has 0 bridgehead atoms. The van der Waals surface area contributed by atoms with Gasteiger partial charge in [-0.15, -0.1) is 12.4 Å². The molecule has 14 heavy (non-hydrogen) atoms. The van der Waals surface area contributed by atoms with Gasteiger partial charge in [-0.25, -0.2) is 0 Å². The molecule has 76 valence electrons. The van der Waals surface area contributed by atoms with Crippen molar-refractivity contribution in [2.45, 2.75) is 6.54 Å². The molecule has 2 nitrogen and oxygen atoms in total. The summed E-state index contributed by atoms with van der Waals surface area (Å²) in [7, 11) is 0. The Bertz CT molecular complexity index is 403. The van der Waals surface area contributed by atoms with Crippen molar-refractivity contribution in [2.75, 3.05) is 0 Å². The minimum Gasteiger partial charge on any atom is -0.412 e. The van der Waals surface area contributed by atoms with Crippen LogP contribution in [0.1, 0.15) is 5.56 Å². The first-order valence-electron chi connectivity index (χ1n) is 4.08. The molecule has 0 heterocycles. The van der Waals surface area contributed by atoms with Gasteiger partial charge in [-0.3, -0.25) is 0 Å². The van der Waals surface area contributed by atoms with Crippen molar-refractivity contribution in [3.05, 3.63) is 48.0 Å². The highest BCUT2D eigenvalue weighted by Gasteiger charge is 1.92. The van der Waals surface area contributed by atoms with Gasteiger partial charge in [-0.05, 0) is 22.4 Å². The number of hydrogen-bond acceptors (Lipinski definition) is 1. The molecule has 0 spiro atoms. The van der Waals surface area contributed by atoms with Gasteiger partial charge in [0.25, 0.3) is 0 Å². The number of fused-ring (bicyclic) bond motifs is 1. The Morgan fingerprint density at radius 2 is 1.57 bits per heavy atom. The summed E-state index contributed by atoms with van der Waals surface area (Å²) in [4.78, 5) is 0. The van der Waals surface area contributed by atoms with Crippen molar-refractivity contribution >= 4 is 23.2 Å². The normalized spacial score (nSPS) is 8.93. The standard InChI is InChI=1S/C11H11N.ClH.H2O/c12-8-9-5-6-10-3-1-2-4-11(10)7-9;;/h1-7H,8,12H2;1H;1H2. The molecule has 0 unspecified atom stereocenters. The van der Waals surface area contributed by atoms with Gasteiger partial charge in [0.15, 0.2) is 0 Å². The smallest absolute Gasteiger partial charge is 0.0178 e. The molecule has 2 aromatic rings. The van der Waals surface area contributed by atoms with E-state index in [2.05, 4.69) is 30.3 Å². The third-order valence-electron chi connectivity index (χ3n) is 2.05. The largest absolute Gasteiger partial charge is 0.412 e. The minimum absolute atomic E-state index is 0. The molecule has 0 aliphatic heterocycles. The fourth-order valence-corrected chi connectivity index (χ4v) is 1.37. The molecular weight excluding hydrogens is 198 g/mol. The third kappa shape index (κ3) is 2.45. The fraction of sp³-hybridized carbons (Fsp3) is 0.0909. The van der Waals surface area contributed by atoms with Gasteiger partial charge in [0.05, 0.1) is 0 Å². The average molecular weight is 212 g/mol. The zero-order chi connectivity index (χ0) is 8.39. The van der Waals surface area contributed by atoms with Crippen LogP contribution < -0.4 is 5.73 Å². The maximum absolute atomic E-state index is 5.54. The van der Waals surface area contributed by atoms with Gasteiger partial charge < -0.3 is 11.2 Å². The molecule has 0 saturated heterocycles. The molecule has 0 amide bonds. The molecule has 0 aliphatic rings. The van der Waals surface area contributed by atoms with Crippen molar-refractivity contribution in [3.8, 4) is 0 Å². The van der Waals surface area contributed by atoms with Crippen LogP contribution in [-0.2, 0) is 6.54 Å². The zero-order valence-corrected chi connectivity index (χ0v) is 8.55. The second-order valence-electron chi connectivity index (χ2n) is 2.89. The molecule has 2 rings (SSSR count). The Labute approximate surface area is 89.5 Å². The molecule has 0 saturated carbocycles. The van der Waals surface area contributed by atoms with E-state index in [0.29, 0.717) is 6.54 Å². The van der Waals surface area contributed by atoms with E-state index in [1.807, 2.05) is 12.1 Å². The Morgan fingerprint density at radius 1 is 0.929 bits per heavy atom. The Morgan fingerprint density at radius 3 is 2.21 bits per heavy atom. The molecule has 4 N–H and O–H groups in total. The molecule has 0 atom stereocenters. The van der Waals surface area contributed by atoms with E-state index in [9.17, 15) is 0 Å². The molecule has 3 heteroatoms. The predicted molar refractivity (Wildman–Crippen MR) is 62.7 cm³/mol. The van der Waals surface area contributed by atoms with Crippen LogP contribution in [-0.4, -0.2) is 5.48 Å². The lowest BCUT2D eigenvalue weighted by Gasteiger charge is -1.99. The molecule has 0 aliphatic carbocycles. The Hall–Kier alpha value is -1.09. The highest BCUT2D eigenvalue weighted by Crippen LogP contribution is 2.14. The number of hydrogen-bond donors (Lipinski definition) is 1. The fourth-order valence-electron chi connectivity index (χ4n) is 1.37. The lowest BCUT2D eigenvalue weighted by atomic mass is 10.1.